The molecule has 1 heterocycles. The van der Waals surface area contributed by atoms with Gasteiger partial charge in [-0.2, -0.15) is 16.9 Å². The summed E-state index contributed by atoms with van der Waals surface area (Å²) >= 11 is 1.96. The molecule has 0 atom stereocenters. The quantitative estimate of drug-likeness (QED) is 0.506. The number of benzene rings is 1. The van der Waals surface area contributed by atoms with Gasteiger partial charge in [-0.3, -0.25) is 4.90 Å². The van der Waals surface area contributed by atoms with Crippen molar-refractivity contribution in [3.8, 4) is 0 Å². The molecule has 3 nitrogen and oxygen atoms in total. The zero-order valence-electron chi connectivity index (χ0n) is 9.60. The van der Waals surface area contributed by atoms with E-state index in [1.165, 1.54) is 12.3 Å². The van der Waals surface area contributed by atoms with Crippen LogP contribution in [0.1, 0.15) is 11.1 Å². The van der Waals surface area contributed by atoms with E-state index in [1.807, 2.05) is 23.9 Å². The molecule has 0 unspecified atom stereocenters. The molecule has 1 aliphatic heterocycles. The van der Waals surface area contributed by atoms with Crippen LogP contribution in [0.15, 0.2) is 23.3 Å². The maximum atomic E-state index is 13.8. The third-order valence-electron chi connectivity index (χ3n) is 2.80. The summed E-state index contributed by atoms with van der Waals surface area (Å²) in [5.41, 5.74) is 1.44. The van der Waals surface area contributed by atoms with Crippen LogP contribution in [0.4, 0.5) is 4.39 Å². The molecule has 0 bridgehead atoms. The van der Waals surface area contributed by atoms with Gasteiger partial charge in [-0.25, -0.2) is 4.39 Å². The van der Waals surface area contributed by atoms with Crippen molar-refractivity contribution in [2.24, 2.45) is 10.9 Å². The highest BCUT2D eigenvalue weighted by Crippen LogP contribution is 2.15. The Balaban J connectivity index is 2.05. The van der Waals surface area contributed by atoms with Crippen molar-refractivity contribution in [1.29, 1.82) is 0 Å². The van der Waals surface area contributed by atoms with Crippen molar-refractivity contribution in [1.82, 2.24) is 4.90 Å². The Hall–Kier alpha value is -1.07. The van der Waals surface area contributed by atoms with E-state index >= 15 is 0 Å². The number of nitrogens with zero attached hydrogens (tertiary/aromatic N) is 2. The second-order valence-electron chi connectivity index (χ2n) is 4.02. The molecule has 17 heavy (non-hydrogen) atoms. The third kappa shape index (κ3) is 3.44. The minimum absolute atomic E-state index is 0.180. The molecule has 1 aromatic carbocycles. The van der Waals surface area contributed by atoms with Crippen molar-refractivity contribution in [2.45, 2.75) is 6.54 Å². The Labute approximate surface area is 105 Å². The van der Waals surface area contributed by atoms with Gasteiger partial charge in [0, 0.05) is 36.7 Å². The topological polar surface area (TPSA) is 41.6 Å². The fourth-order valence-corrected chi connectivity index (χ4v) is 2.84. The molecule has 1 fully saturated rings. The van der Waals surface area contributed by atoms with Gasteiger partial charge in [0.15, 0.2) is 0 Å². The van der Waals surface area contributed by atoms with E-state index in [4.69, 9.17) is 5.84 Å². The lowest BCUT2D eigenvalue weighted by Crippen LogP contribution is -2.32. The number of rotatable bonds is 3. The zero-order chi connectivity index (χ0) is 12.1. The second-order valence-corrected chi connectivity index (χ2v) is 5.24. The van der Waals surface area contributed by atoms with Crippen LogP contribution in [0.5, 0.6) is 0 Å². The second kappa shape index (κ2) is 6.02. The Morgan fingerprint density at radius 1 is 1.41 bits per heavy atom. The first kappa shape index (κ1) is 12.4. The molecule has 0 amide bonds. The molecule has 1 aromatic rings. The fourth-order valence-electron chi connectivity index (χ4n) is 1.86. The fraction of sp³-hybridized carbons (Fsp3) is 0.417. The Kier molecular flexibility index (Phi) is 4.39. The summed E-state index contributed by atoms with van der Waals surface area (Å²) in [6, 6.07) is 5.13. The molecule has 0 radical (unpaired) electrons. The predicted octanol–water partition coefficient (Wildman–Crippen LogP) is 1.67. The number of thioether (sulfide) groups is 1. The summed E-state index contributed by atoms with van der Waals surface area (Å²) in [5, 5.41) is 3.39. The van der Waals surface area contributed by atoms with Crippen LogP contribution in [-0.4, -0.2) is 35.7 Å². The lowest BCUT2D eigenvalue weighted by atomic mass is 10.1. The SMILES string of the molecule is NN=Cc1ccc(CN2CCSCC2)c(F)c1. The summed E-state index contributed by atoms with van der Waals surface area (Å²) in [6.07, 6.45) is 1.45. The summed E-state index contributed by atoms with van der Waals surface area (Å²) in [5.74, 6) is 7.13. The molecule has 0 aromatic heterocycles. The van der Waals surface area contributed by atoms with Gasteiger partial charge in [-0.1, -0.05) is 12.1 Å². The number of hydrogen-bond acceptors (Lipinski definition) is 4. The third-order valence-corrected chi connectivity index (χ3v) is 3.74. The number of hydrogen-bond donors (Lipinski definition) is 1. The van der Waals surface area contributed by atoms with E-state index in [0.29, 0.717) is 12.1 Å². The molecule has 1 aliphatic rings. The van der Waals surface area contributed by atoms with E-state index in [0.717, 1.165) is 30.2 Å². The van der Waals surface area contributed by atoms with Crippen LogP contribution in [-0.2, 0) is 6.54 Å². The van der Waals surface area contributed by atoms with Gasteiger partial charge in [0.05, 0.1) is 6.21 Å². The minimum atomic E-state index is -0.180. The van der Waals surface area contributed by atoms with Crippen molar-refractivity contribution >= 4 is 18.0 Å². The van der Waals surface area contributed by atoms with Crippen LogP contribution in [0.3, 0.4) is 0 Å². The average molecular weight is 253 g/mol. The number of hydrazone groups is 1. The smallest absolute Gasteiger partial charge is 0.128 e. The molecule has 1 saturated heterocycles. The van der Waals surface area contributed by atoms with Gasteiger partial charge in [-0.15, -0.1) is 0 Å². The minimum Gasteiger partial charge on any atom is -0.323 e. The Bertz CT molecular complexity index is 403. The first-order chi connectivity index (χ1) is 8.29. The van der Waals surface area contributed by atoms with E-state index in [1.54, 1.807) is 0 Å². The predicted molar refractivity (Wildman–Crippen MR) is 70.8 cm³/mol. The molecular formula is C12H16FN3S. The van der Waals surface area contributed by atoms with Crippen molar-refractivity contribution in [3.63, 3.8) is 0 Å². The molecule has 0 saturated carbocycles. The monoisotopic (exact) mass is 253 g/mol. The van der Waals surface area contributed by atoms with Gasteiger partial charge in [0.1, 0.15) is 5.82 Å². The highest BCUT2D eigenvalue weighted by Gasteiger charge is 2.12. The van der Waals surface area contributed by atoms with E-state index in [-0.39, 0.29) is 5.82 Å². The van der Waals surface area contributed by atoms with Crippen LogP contribution < -0.4 is 5.84 Å². The zero-order valence-corrected chi connectivity index (χ0v) is 10.4. The van der Waals surface area contributed by atoms with Crippen molar-refractivity contribution in [3.05, 3.63) is 35.1 Å². The van der Waals surface area contributed by atoms with E-state index in [9.17, 15) is 4.39 Å². The number of nitrogens with two attached hydrogens (primary N) is 1. The summed E-state index contributed by atoms with van der Waals surface area (Å²) in [4.78, 5) is 2.28. The Morgan fingerprint density at radius 2 is 2.18 bits per heavy atom. The molecular weight excluding hydrogens is 237 g/mol. The van der Waals surface area contributed by atoms with Crippen molar-refractivity contribution < 1.29 is 4.39 Å². The largest absolute Gasteiger partial charge is 0.323 e. The summed E-state index contributed by atoms with van der Waals surface area (Å²) in [6.45, 7) is 2.76. The van der Waals surface area contributed by atoms with Crippen LogP contribution in [0.25, 0.3) is 0 Å². The summed E-state index contributed by atoms with van der Waals surface area (Å²) < 4.78 is 13.8. The number of halogens is 1. The van der Waals surface area contributed by atoms with Crippen LogP contribution in [0, 0.1) is 5.82 Å². The van der Waals surface area contributed by atoms with Crippen LogP contribution in [0.2, 0.25) is 0 Å². The van der Waals surface area contributed by atoms with Gasteiger partial charge < -0.3 is 5.84 Å². The lowest BCUT2D eigenvalue weighted by Gasteiger charge is -2.26. The average Bonchev–Trinajstić information content (AvgIpc) is 2.34. The molecule has 0 aliphatic carbocycles. The van der Waals surface area contributed by atoms with Gasteiger partial charge in [0.25, 0.3) is 0 Å². The standard InChI is InChI=1S/C12H16FN3S/c13-12-7-10(8-15-14)1-2-11(12)9-16-3-5-17-6-4-16/h1-2,7-8H,3-6,9,14H2. The lowest BCUT2D eigenvalue weighted by molar-refractivity contribution is 0.290. The molecule has 92 valence electrons. The van der Waals surface area contributed by atoms with Gasteiger partial charge in [0.2, 0.25) is 0 Å². The normalized spacial score (nSPS) is 17.7. The van der Waals surface area contributed by atoms with Crippen LogP contribution >= 0.6 is 11.8 Å². The first-order valence-corrected chi connectivity index (χ1v) is 6.77. The van der Waals surface area contributed by atoms with Gasteiger partial charge >= 0.3 is 0 Å². The molecule has 2 N–H and O–H groups in total. The maximum Gasteiger partial charge on any atom is 0.128 e. The van der Waals surface area contributed by atoms with Crippen molar-refractivity contribution in [2.75, 3.05) is 24.6 Å². The highest BCUT2D eigenvalue weighted by molar-refractivity contribution is 7.99. The maximum absolute atomic E-state index is 13.8. The first-order valence-electron chi connectivity index (χ1n) is 5.61. The highest BCUT2D eigenvalue weighted by atomic mass is 32.2. The Morgan fingerprint density at radius 3 is 2.82 bits per heavy atom. The van der Waals surface area contributed by atoms with E-state index in [2.05, 4.69) is 10.0 Å². The van der Waals surface area contributed by atoms with E-state index < -0.39 is 0 Å². The molecule has 5 heteroatoms. The molecule has 2 rings (SSSR count). The van der Waals surface area contributed by atoms with Gasteiger partial charge in [-0.05, 0) is 11.6 Å². The summed E-state index contributed by atoms with van der Waals surface area (Å²) in [7, 11) is 0. The molecule has 0 spiro atoms.